The van der Waals surface area contributed by atoms with E-state index in [1.807, 2.05) is 12.2 Å². The molecule has 0 aliphatic heterocycles. The van der Waals surface area contributed by atoms with E-state index in [1.54, 1.807) is 24.3 Å². The van der Waals surface area contributed by atoms with Gasteiger partial charge in [0, 0.05) is 11.6 Å². The van der Waals surface area contributed by atoms with Crippen LogP contribution in [0.4, 0.5) is 18.9 Å². The molecule has 0 unspecified atom stereocenters. The molecule has 0 radical (unpaired) electrons. The number of benzene rings is 2. The monoisotopic (exact) mass is 393 g/mol. The fourth-order valence-electron chi connectivity index (χ4n) is 2.19. The van der Waals surface area contributed by atoms with E-state index < -0.39 is 41.1 Å². The molecule has 0 spiro atoms. The van der Waals surface area contributed by atoms with Crippen molar-refractivity contribution in [2.24, 2.45) is 0 Å². The van der Waals surface area contributed by atoms with Gasteiger partial charge in [-0.15, -0.1) is 0 Å². The highest BCUT2D eigenvalue weighted by molar-refractivity contribution is 5.96. The molecule has 0 fully saturated rings. The highest BCUT2D eigenvalue weighted by Crippen LogP contribution is 2.21. The van der Waals surface area contributed by atoms with Crippen molar-refractivity contribution in [3.05, 3.63) is 65.5 Å². The lowest BCUT2D eigenvalue weighted by atomic mass is 10.2. The quantitative estimate of drug-likeness (QED) is 0.437. The second-order valence-corrected chi connectivity index (χ2v) is 5.60. The fraction of sp³-hybridized carbons (Fsp3) is 0.200. The Kier molecular flexibility index (Phi) is 7.20. The molecule has 2 aromatic rings. The van der Waals surface area contributed by atoms with Gasteiger partial charge in [0.1, 0.15) is 5.75 Å². The van der Waals surface area contributed by atoms with E-state index in [-0.39, 0.29) is 0 Å². The van der Waals surface area contributed by atoms with Gasteiger partial charge in [-0.1, -0.05) is 18.2 Å². The van der Waals surface area contributed by atoms with Crippen LogP contribution in [0.2, 0.25) is 0 Å². The summed E-state index contributed by atoms with van der Waals surface area (Å²) in [5, 5.41) is 2.04. The van der Waals surface area contributed by atoms with Crippen LogP contribution in [0.3, 0.4) is 0 Å². The molecule has 0 aliphatic rings. The molecule has 0 aromatic heterocycles. The van der Waals surface area contributed by atoms with Gasteiger partial charge in [0.2, 0.25) is 0 Å². The van der Waals surface area contributed by atoms with E-state index in [2.05, 4.69) is 0 Å². The van der Waals surface area contributed by atoms with E-state index in [9.17, 15) is 22.8 Å². The lowest BCUT2D eigenvalue weighted by Gasteiger charge is -2.13. The van der Waals surface area contributed by atoms with Crippen LogP contribution >= 0.6 is 0 Å². The molecule has 2 rings (SSSR count). The first kappa shape index (κ1) is 21.0. The number of halogens is 3. The van der Waals surface area contributed by atoms with Gasteiger partial charge in [-0.05, 0) is 38.1 Å². The summed E-state index contributed by atoms with van der Waals surface area (Å²) in [7, 11) is 0. The normalized spacial score (nSPS) is 11.9. The number of para-hydroxylation sites is 1. The Morgan fingerprint density at radius 1 is 1.11 bits per heavy atom. The number of nitrogens with one attached hydrogen (secondary N) is 1. The summed E-state index contributed by atoms with van der Waals surface area (Å²) in [4.78, 5) is 23.9. The number of amides is 1. The van der Waals surface area contributed by atoms with Crippen LogP contribution in [0.1, 0.15) is 19.4 Å². The van der Waals surface area contributed by atoms with Crippen molar-refractivity contribution in [2.75, 3.05) is 11.9 Å². The number of carbonyl (C=O) groups excluding carboxylic acids is 2. The minimum atomic E-state index is -1.71. The number of carbonyl (C=O) groups is 2. The van der Waals surface area contributed by atoms with Gasteiger partial charge >= 0.3 is 5.97 Å². The maximum Gasteiger partial charge on any atom is 0.331 e. The lowest BCUT2D eigenvalue weighted by Crippen LogP contribution is -2.29. The van der Waals surface area contributed by atoms with Crippen molar-refractivity contribution in [3.8, 4) is 5.75 Å². The number of rotatable bonds is 7. The topological polar surface area (TPSA) is 64.6 Å². The van der Waals surface area contributed by atoms with Gasteiger partial charge < -0.3 is 14.8 Å². The average molecular weight is 393 g/mol. The Balaban J connectivity index is 1.98. The van der Waals surface area contributed by atoms with Crippen LogP contribution in [0.25, 0.3) is 6.08 Å². The van der Waals surface area contributed by atoms with Crippen molar-refractivity contribution in [2.45, 2.75) is 20.0 Å². The van der Waals surface area contributed by atoms with Crippen molar-refractivity contribution in [1.29, 1.82) is 0 Å². The molecule has 0 aliphatic carbocycles. The Hall–Kier alpha value is -3.29. The molecule has 1 N–H and O–H groups in total. The van der Waals surface area contributed by atoms with Gasteiger partial charge in [0.05, 0.1) is 12.3 Å². The number of hydrogen-bond donors (Lipinski definition) is 1. The van der Waals surface area contributed by atoms with Gasteiger partial charge in [0.25, 0.3) is 5.91 Å². The van der Waals surface area contributed by atoms with Crippen LogP contribution in [0.15, 0.2) is 42.5 Å². The summed E-state index contributed by atoms with van der Waals surface area (Å²) < 4.78 is 50.1. The molecule has 148 valence electrons. The van der Waals surface area contributed by atoms with Crippen LogP contribution in [0, 0.1) is 17.5 Å². The highest BCUT2D eigenvalue weighted by atomic mass is 19.2. The number of anilines is 1. The Bertz CT molecular complexity index is 899. The Morgan fingerprint density at radius 3 is 2.54 bits per heavy atom. The van der Waals surface area contributed by atoms with E-state index in [1.165, 1.54) is 13.0 Å². The molecule has 2 aromatic carbocycles. The van der Waals surface area contributed by atoms with Gasteiger partial charge in [-0.25, -0.2) is 18.0 Å². The molecule has 0 saturated heterocycles. The first-order chi connectivity index (χ1) is 13.3. The first-order valence-electron chi connectivity index (χ1n) is 8.38. The second-order valence-electron chi connectivity index (χ2n) is 5.60. The molecule has 0 bridgehead atoms. The van der Waals surface area contributed by atoms with E-state index >= 15 is 0 Å². The van der Waals surface area contributed by atoms with Crippen molar-refractivity contribution in [1.82, 2.24) is 0 Å². The molecule has 5 nitrogen and oxygen atoms in total. The third-order valence-corrected chi connectivity index (χ3v) is 3.57. The zero-order chi connectivity index (χ0) is 20.7. The maximum atomic E-state index is 13.6. The standard InChI is InChI=1S/C20H18F3NO4/c1-3-27-16-7-5-4-6-13(16)8-11-17(25)28-12(2)20(26)24-15-10-9-14(21)18(22)19(15)23/h4-12H,3H2,1-2H3,(H,24,26)/b11-8+/t12-/m0/s1. The Morgan fingerprint density at radius 2 is 1.82 bits per heavy atom. The molecule has 1 atom stereocenters. The average Bonchev–Trinajstić information content (AvgIpc) is 2.68. The summed E-state index contributed by atoms with van der Waals surface area (Å²) >= 11 is 0. The summed E-state index contributed by atoms with van der Waals surface area (Å²) in [5.41, 5.74) is 0.0789. The van der Waals surface area contributed by atoms with Crippen LogP contribution in [0.5, 0.6) is 5.75 Å². The van der Waals surface area contributed by atoms with Crippen molar-refractivity contribution in [3.63, 3.8) is 0 Å². The molecule has 1 amide bonds. The number of esters is 1. The molecular weight excluding hydrogens is 375 g/mol. The molecule has 0 saturated carbocycles. The predicted octanol–water partition coefficient (Wildman–Crippen LogP) is 4.09. The van der Waals surface area contributed by atoms with Gasteiger partial charge in [-0.2, -0.15) is 0 Å². The summed E-state index contributed by atoms with van der Waals surface area (Å²) in [5.74, 6) is -5.78. The molecule has 28 heavy (non-hydrogen) atoms. The van der Waals surface area contributed by atoms with Crippen LogP contribution in [-0.2, 0) is 14.3 Å². The van der Waals surface area contributed by atoms with E-state index in [0.717, 1.165) is 12.1 Å². The van der Waals surface area contributed by atoms with Gasteiger partial charge in [-0.3, -0.25) is 4.79 Å². The Labute approximate surface area is 159 Å². The molecular formula is C20H18F3NO4. The zero-order valence-electron chi connectivity index (χ0n) is 15.2. The zero-order valence-corrected chi connectivity index (χ0v) is 15.2. The summed E-state index contributed by atoms with van der Waals surface area (Å²) in [6.07, 6.45) is 1.28. The fourth-order valence-corrected chi connectivity index (χ4v) is 2.19. The van der Waals surface area contributed by atoms with Crippen molar-refractivity contribution >= 4 is 23.6 Å². The summed E-state index contributed by atoms with van der Waals surface area (Å²) in [6.45, 7) is 3.53. The van der Waals surface area contributed by atoms with Gasteiger partial charge in [0.15, 0.2) is 23.6 Å². The first-order valence-corrected chi connectivity index (χ1v) is 8.38. The third kappa shape index (κ3) is 5.35. The maximum absolute atomic E-state index is 13.6. The number of hydrogen-bond acceptors (Lipinski definition) is 4. The SMILES string of the molecule is CCOc1ccccc1/C=C/C(=O)O[C@@H](C)C(=O)Nc1ccc(F)c(F)c1F. The second kappa shape index (κ2) is 9.59. The summed E-state index contributed by atoms with van der Waals surface area (Å²) in [6, 6.07) is 8.55. The molecule has 0 heterocycles. The number of ether oxygens (including phenoxy) is 2. The highest BCUT2D eigenvalue weighted by Gasteiger charge is 2.20. The van der Waals surface area contributed by atoms with Crippen LogP contribution in [-0.4, -0.2) is 24.6 Å². The minimum Gasteiger partial charge on any atom is -0.493 e. The molecule has 8 heteroatoms. The lowest BCUT2D eigenvalue weighted by molar-refractivity contribution is -0.148. The van der Waals surface area contributed by atoms with Crippen LogP contribution < -0.4 is 10.1 Å². The smallest absolute Gasteiger partial charge is 0.331 e. The van der Waals surface area contributed by atoms with Crippen molar-refractivity contribution < 1.29 is 32.2 Å². The largest absolute Gasteiger partial charge is 0.493 e. The minimum absolute atomic E-state index is 0.451. The van der Waals surface area contributed by atoms with E-state index in [0.29, 0.717) is 24.0 Å². The predicted molar refractivity (Wildman–Crippen MR) is 97.1 cm³/mol. The van der Waals surface area contributed by atoms with E-state index in [4.69, 9.17) is 9.47 Å². The third-order valence-electron chi connectivity index (χ3n) is 3.57.